The Morgan fingerprint density at radius 3 is 2.64 bits per heavy atom. The van der Waals surface area contributed by atoms with Crippen LogP contribution in [0.5, 0.6) is 11.5 Å². The molecule has 0 bridgehead atoms. The summed E-state index contributed by atoms with van der Waals surface area (Å²) in [5.74, 6) is 1.83. The number of methoxy groups -OCH3 is 1. The Morgan fingerprint density at radius 2 is 2.00 bits per heavy atom. The fraction of sp³-hybridized carbons (Fsp3) is 0.333. The number of hydrogen-bond acceptors (Lipinski definition) is 5. The normalized spacial score (nSPS) is 10.9. The third-order valence-corrected chi connectivity index (χ3v) is 5.30. The molecule has 28 heavy (non-hydrogen) atoms. The van der Waals surface area contributed by atoms with E-state index in [9.17, 15) is 5.11 Å². The molecule has 6 nitrogen and oxygen atoms in total. The smallest absolute Gasteiger partial charge is 0.200 e. The van der Waals surface area contributed by atoms with E-state index in [1.165, 1.54) is 0 Å². The van der Waals surface area contributed by atoms with Crippen molar-refractivity contribution in [1.29, 1.82) is 0 Å². The van der Waals surface area contributed by atoms with E-state index < -0.39 is 0 Å². The zero-order valence-electron chi connectivity index (χ0n) is 16.9. The Kier molecular flexibility index (Phi) is 5.74. The van der Waals surface area contributed by atoms with Crippen molar-refractivity contribution in [2.45, 2.75) is 27.2 Å². The van der Waals surface area contributed by atoms with Crippen molar-refractivity contribution in [2.24, 2.45) is 0 Å². The summed E-state index contributed by atoms with van der Waals surface area (Å²) in [4.78, 5) is 2.12. The molecule has 2 N–H and O–H groups in total. The second-order valence-corrected chi connectivity index (χ2v) is 7.09. The number of nitrogens with one attached hydrogen (secondary N) is 1. The molecule has 0 saturated heterocycles. The van der Waals surface area contributed by atoms with E-state index >= 15 is 0 Å². The summed E-state index contributed by atoms with van der Waals surface area (Å²) < 4.78 is 7.95. The van der Waals surface area contributed by atoms with Crippen LogP contribution in [0, 0.1) is 11.7 Å². The Hall–Kier alpha value is -2.80. The molecule has 0 radical (unpaired) electrons. The van der Waals surface area contributed by atoms with E-state index in [0.717, 1.165) is 46.8 Å². The number of aromatic nitrogens is 3. The van der Waals surface area contributed by atoms with Crippen molar-refractivity contribution in [3.63, 3.8) is 0 Å². The van der Waals surface area contributed by atoms with Gasteiger partial charge in [0.25, 0.3) is 0 Å². The Morgan fingerprint density at radius 1 is 1.25 bits per heavy atom. The lowest BCUT2D eigenvalue weighted by Gasteiger charge is -2.21. The molecule has 0 aliphatic carbocycles. The molecule has 2 aromatic carbocycles. The van der Waals surface area contributed by atoms with Gasteiger partial charge in [0.2, 0.25) is 0 Å². The minimum Gasteiger partial charge on any atom is -0.508 e. The predicted octanol–water partition coefficient (Wildman–Crippen LogP) is 4.64. The number of H-pyrrole nitrogens is 1. The largest absolute Gasteiger partial charge is 0.508 e. The first-order chi connectivity index (χ1) is 13.4. The Bertz CT molecular complexity index is 1060. The van der Waals surface area contributed by atoms with Crippen molar-refractivity contribution in [2.75, 3.05) is 25.6 Å². The predicted molar refractivity (Wildman–Crippen MR) is 115 cm³/mol. The molecule has 0 fully saturated rings. The van der Waals surface area contributed by atoms with Gasteiger partial charge in [0.15, 0.2) is 10.6 Å². The average molecular weight is 399 g/mol. The first-order valence-electron chi connectivity index (χ1n) is 9.31. The fourth-order valence-electron chi connectivity index (χ4n) is 3.26. The molecule has 3 aromatic rings. The highest BCUT2D eigenvalue weighted by Crippen LogP contribution is 2.34. The maximum atomic E-state index is 10.2. The van der Waals surface area contributed by atoms with Crippen molar-refractivity contribution >= 4 is 17.9 Å². The second-order valence-electron chi connectivity index (χ2n) is 6.71. The van der Waals surface area contributed by atoms with Crippen molar-refractivity contribution in [1.82, 2.24) is 14.8 Å². The molecule has 0 unspecified atom stereocenters. The molecule has 0 aliphatic heterocycles. The molecular weight excluding hydrogens is 372 g/mol. The number of aromatic amines is 1. The topological polar surface area (TPSA) is 66.3 Å². The number of hydrogen-bond donors (Lipinski definition) is 2. The standard InChI is InChI=1S/C21H26N4O2S/c1-6-14-11-16(13(3)10-18(14)26)20-22-23-21(28)25(20)15-8-9-19(27-5)17(12-15)24(4)7-2/h8-12,26H,6-7H2,1-5H3,(H,23,28). The summed E-state index contributed by atoms with van der Waals surface area (Å²) in [7, 11) is 3.69. The molecule has 1 aromatic heterocycles. The molecular formula is C21H26N4O2S. The van der Waals surface area contributed by atoms with Crippen molar-refractivity contribution < 1.29 is 9.84 Å². The van der Waals surface area contributed by atoms with E-state index in [2.05, 4.69) is 22.0 Å². The molecule has 3 rings (SSSR count). The number of ether oxygens (including phenoxy) is 1. The van der Waals surface area contributed by atoms with Gasteiger partial charge in [-0.15, -0.1) is 0 Å². The SMILES string of the molecule is CCc1cc(-c2n[nH]c(=S)n2-c2ccc(OC)c(N(C)CC)c2)c(C)cc1O. The van der Waals surface area contributed by atoms with Gasteiger partial charge in [-0.05, 0) is 73.9 Å². The molecule has 1 heterocycles. The number of phenolic OH excluding ortho intramolecular Hbond substituents is 1. The van der Waals surface area contributed by atoms with Gasteiger partial charge in [0.05, 0.1) is 18.5 Å². The number of aromatic hydroxyl groups is 1. The first kappa shape index (κ1) is 19.9. The second kappa shape index (κ2) is 8.06. The minimum atomic E-state index is 0.306. The summed E-state index contributed by atoms with van der Waals surface area (Å²) in [6.45, 7) is 6.91. The molecule has 0 aliphatic rings. The van der Waals surface area contributed by atoms with E-state index in [-0.39, 0.29) is 0 Å². The van der Waals surface area contributed by atoms with E-state index in [0.29, 0.717) is 16.3 Å². The van der Waals surface area contributed by atoms with Gasteiger partial charge < -0.3 is 14.7 Å². The highest BCUT2D eigenvalue weighted by molar-refractivity contribution is 7.71. The molecule has 0 spiro atoms. The molecule has 0 amide bonds. The number of nitrogens with zero attached hydrogens (tertiary/aromatic N) is 3. The van der Waals surface area contributed by atoms with Crippen LogP contribution in [0.2, 0.25) is 0 Å². The number of anilines is 1. The number of phenols is 1. The van der Waals surface area contributed by atoms with Crippen LogP contribution in [0.25, 0.3) is 17.1 Å². The van der Waals surface area contributed by atoms with Crippen LogP contribution in [0.1, 0.15) is 25.0 Å². The summed E-state index contributed by atoms with van der Waals surface area (Å²) in [5.41, 5.74) is 4.62. The van der Waals surface area contributed by atoms with Crippen LogP contribution < -0.4 is 9.64 Å². The summed E-state index contributed by atoms with van der Waals surface area (Å²) in [5, 5.41) is 17.6. The Balaban J connectivity index is 2.22. The highest BCUT2D eigenvalue weighted by Gasteiger charge is 2.17. The molecule has 0 atom stereocenters. The maximum Gasteiger partial charge on any atom is 0.200 e. The molecule has 148 valence electrons. The first-order valence-corrected chi connectivity index (χ1v) is 9.71. The number of aryl methyl sites for hydroxylation is 2. The van der Waals surface area contributed by atoms with Gasteiger partial charge >= 0.3 is 0 Å². The summed E-state index contributed by atoms with van der Waals surface area (Å²) in [6.07, 6.45) is 0.734. The lowest BCUT2D eigenvalue weighted by Crippen LogP contribution is -2.17. The van der Waals surface area contributed by atoms with Crippen molar-refractivity contribution in [3.8, 4) is 28.6 Å². The van der Waals surface area contributed by atoms with E-state index in [1.54, 1.807) is 13.2 Å². The quantitative estimate of drug-likeness (QED) is 0.592. The zero-order chi connectivity index (χ0) is 20.4. The number of benzene rings is 2. The van der Waals surface area contributed by atoms with Crippen LogP contribution in [0.4, 0.5) is 5.69 Å². The third kappa shape index (κ3) is 3.49. The monoisotopic (exact) mass is 398 g/mol. The van der Waals surface area contributed by atoms with Gasteiger partial charge in [-0.2, -0.15) is 5.10 Å². The minimum absolute atomic E-state index is 0.306. The van der Waals surface area contributed by atoms with Gasteiger partial charge in [-0.1, -0.05) is 6.92 Å². The molecule has 0 saturated carbocycles. The molecule has 7 heteroatoms. The average Bonchev–Trinajstić information content (AvgIpc) is 3.08. The van der Waals surface area contributed by atoms with Gasteiger partial charge in [-0.25, -0.2) is 0 Å². The Labute approximate surface area is 170 Å². The highest BCUT2D eigenvalue weighted by atomic mass is 32.1. The van der Waals surface area contributed by atoms with Gasteiger partial charge in [0.1, 0.15) is 11.5 Å². The van der Waals surface area contributed by atoms with Crippen LogP contribution >= 0.6 is 12.2 Å². The van der Waals surface area contributed by atoms with Crippen LogP contribution in [-0.4, -0.2) is 40.6 Å². The van der Waals surface area contributed by atoms with Crippen LogP contribution in [0.3, 0.4) is 0 Å². The van der Waals surface area contributed by atoms with E-state index in [1.807, 2.05) is 49.7 Å². The zero-order valence-corrected chi connectivity index (χ0v) is 17.7. The van der Waals surface area contributed by atoms with Gasteiger partial charge in [-0.3, -0.25) is 9.67 Å². The summed E-state index contributed by atoms with van der Waals surface area (Å²) in [6, 6.07) is 9.72. The lowest BCUT2D eigenvalue weighted by molar-refractivity contribution is 0.415. The van der Waals surface area contributed by atoms with Crippen LogP contribution in [-0.2, 0) is 6.42 Å². The number of rotatable bonds is 6. The van der Waals surface area contributed by atoms with Gasteiger partial charge in [0, 0.05) is 19.2 Å². The fourth-order valence-corrected chi connectivity index (χ4v) is 3.50. The maximum absolute atomic E-state index is 10.2. The summed E-state index contributed by atoms with van der Waals surface area (Å²) >= 11 is 5.53. The third-order valence-electron chi connectivity index (χ3n) is 5.03. The van der Waals surface area contributed by atoms with Crippen molar-refractivity contribution in [3.05, 3.63) is 46.2 Å². The lowest BCUT2D eigenvalue weighted by atomic mass is 10.0. The van der Waals surface area contributed by atoms with E-state index in [4.69, 9.17) is 17.0 Å². The van der Waals surface area contributed by atoms with Crippen LogP contribution in [0.15, 0.2) is 30.3 Å².